The highest BCUT2D eigenvalue weighted by atomic mass is 16.5. The second-order valence-corrected chi connectivity index (χ2v) is 8.32. The number of quaternary nitrogens is 1. The predicted octanol–water partition coefficient (Wildman–Crippen LogP) is 0.688. The lowest BCUT2D eigenvalue weighted by molar-refractivity contribution is -0.917. The minimum absolute atomic E-state index is 0.151. The van der Waals surface area contributed by atoms with Crippen molar-refractivity contribution in [3.05, 3.63) is 45.3 Å². The average molecular weight is 383 g/mol. The molecule has 6 nitrogen and oxygen atoms in total. The van der Waals surface area contributed by atoms with Crippen LogP contribution in [0.2, 0.25) is 0 Å². The van der Waals surface area contributed by atoms with Gasteiger partial charge in [0, 0.05) is 23.6 Å². The number of carbonyl (C=O) groups excluding carboxylic acids is 1. The molecule has 1 aromatic carbocycles. The standard InChI is InChI=1S/C22H26N2O4/c25-21-13-17(18-11-15-3-1-4-16(15)12-20(18)28-21)14-23-6-8-24(9-7-23)22(26)19-5-2-10-27-19/h11-13,19H,1-10,14H2/p+1/t19-/m0/s1. The van der Waals surface area contributed by atoms with E-state index in [0.29, 0.717) is 6.61 Å². The Balaban J connectivity index is 1.31. The molecule has 0 radical (unpaired) electrons. The molecule has 2 saturated heterocycles. The van der Waals surface area contributed by atoms with Crippen LogP contribution in [0.1, 0.15) is 36.0 Å². The first kappa shape index (κ1) is 17.9. The molecule has 1 atom stereocenters. The largest absolute Gasteiger partial charge is 0.423 e. The van der Waals surface area contributed by atoms with Crippen LogP contribution in [0, 0.1) is 0 Å². The van der Waals surface area contributed by atoms with E-state index in [9.17, 15) is 9.59 Å². The minimum atomic E-state index is -0.271. The Morgan fingerprint density at radius 3 is 2.64 bits per heavy atom. The minimum Gasteiger partial charge on any atom is -0.423 e. The van der Waals surface area contributed by atoms with Gasteiger partial charge in [-0.15, -0.1) is 0 Å². The molecule has 1 aromatic heterocycles. The van der Waals surface area contributed by atoms with Gasteiger partial charge in [-0.05, 0) is 55.4 Å². The first-order valence-electron chi connectivity index (χ1n) is 10.5. The molecule has 1 aliphatic carbocycles. The molecule has 0 spiro atoms. The molecule has 6 heteroatoms. The number of amides is 1. The Kier molecular flexibility index (Phi) is 4.69. The zero-order valence-corrected chi connectivity index (χ0v) is 16.2. The quantitative estimate of drug-likeness (QED) is 0.792. The second-order valence-electron chi connectivity index (χ2n) is 8.32. The van der Waals surface area contributed by atoms with Crippen molar-refractivity contribution >= 4 is 16.9 Å². The molecule has 5 rings (SSSR count). The molecule has 2 aromatic rings. The summed E-state index contributed by atoms with van der Waals surface area (Å²) in [6.45, 7) is 4.79. The fraction of sp³-hybridized carbons (Fsp3) is 0.545. The maximum atomic E-state index is 12.5. The van der Waals surface area contributed by atoms with Crippen LogP contribution in [-0.2, 0) is 28.9 Å². The first-order valence-corrected chi connectivity index (χ1v) is 10.5. The van der Waals surface area contributed by atoms with Gasteiger partial charge in [0.1, 0.15) is 18.2 Å². The zero-order valence-electron chi connectivity index (χ0n) is 16.2. The van der Waals surface area contributed by atoms with Crippen LogP contribution in [-0.4, -0.2) is 49.7 Å². The maximum Gasteiger partial charge on any atom is 0.336 e. The number of nitrogens with zero attached hydrogens (tertiary/aromatic N) is 1. The lowest BCUT2D eigenvalue weighted by Crippen LogP contribution is -3.13. The summed E-state index contributed by atoms with van der Waals surface area (Å²) in [6.07, 6.45) is 4.96. The summed E-state index contributed by atoms with van der Waals surface area (Å²) in [4.78, 5) is 28.0. The molecule has 1 N–H and O–H groups in total. The van der Waals surface area contributed by atoms with E-state index in [1.54, 1.807) is 6.07 Å². The van der Waals surface area contributed by atoms with Crippen molar-refractivity contribution in [3.63, 3.8) is 0 Å². The summed E-state index contributed by atoms with van der Waals surface area (Å²) in [5, 5.41) is 1.07. The van der Waals surface area contributed by atoms with Crippen molar-refractivity contribution in [2.45, 2.75) is 44.8 Å². The van der Waals surface area contributed by atoms with E-state index < -0.39 is 0 Å². The van der Waals surface area contributed by atoms with Crippen LogP contribution >= 0.6 is 0 Å². The third-order valence-electron chi connectivity index (χ3n) is 6.47. The van der Waals surface area contributed by atoms with Gasteiger partial charge in [-0.25, -0.2) is 4.79 Å². The highest BCUT2D eigenvalue weighted by molar-refractivity contribution is 5.82. The molecule has 148 valence electrons. The van der Waals surface area contributed by atoms with Gasteiger partial charge in [-0.1, -0.05) is 0 Å². The van der Waals surface area contributed by atoms with Crippen molar-refractivity contribution in [2.75, 3.05) is 32.8 Å². The SMILES string of the molecule is O=C([C@@H]1CCCO1)N1CC[NH+](Cc2cc(=O)oc3cc4c(cc23)CCC4)CC1. The number of ether oxygens (including phenoxy) is 1. The van der Waals surface area contributed by atoms with Gasteiger partial charge in [0.15, 0.2) is 0 Å². The highest BCUT2D eigenvalue weighted by Gasteiger charge is 2.31. The summed E-state index contributed by atoms with van der Waals surface area (Å²) in [5.41, 5.74) is 4.22. The number of hydrogen-bond donors (Lipinski definition) is 1. The monoisotopic (exact) mass is 383 g/mol. The third-order valence-corrected chi connectivity index (χ3v) is 6.47. The van der Waals surface area contributed by atoms with E-state index in [1.807, 2.05) is 4.90 Å². The Bertz CT molecular complexity index is 953. The second kappa shape index (κ2) is 7.33. The summed E-state index contributed by atoms with van der Waals surface area (Å²) in [7, 11) is 0. The Hall–Kier alpha value is -2.18. The van der Waals surface area contributed by atoms with Gasteiger partial charge >= 0.3 is 5.63 Å². The summed E-state index contributed by atoms with van der Waals surface area (Å²) in [5.74, 6) is 0.151. The molecule has 3 aliphatic rings. The fourth-order valence-corrected chi connectivity index (χ4v) is 4.91. The topological polar surface area (TPSA) is 64.2 Å². The van der Waals surface area contributed by atoms with Crippen molar-refractivity contribution in [1.82, 2.24) is 4.90 Å². The lowest BCUT2D eigenvalue weighted by Gasteiger charge is -2.33. The molecule has 3 heterocycles. The molecular formula is C22H27N2O4+. The number of hydrogen-bond acceptors (Lipinski definition) is 4. The number of nitrogens with one attached hydrogen (secondary N) is 1. The van der Waals surface area contributed by atoms with Gasteiger partial charge in [0.25, 0.3) is 5.91 Å². The Labute approximate surface area is 164 Å². The van der Waals surface area contributed by atoms with Gasteiger partial charge in [0.2, 0.25) is 0 Å². The van der Waals surface area contributed by atoms with Gasteiger partial charge in [-0.3, -0.25) is 4.79 Å². The molecule has 0 bridgehead atoms. The fourth-order valence-electron chi connectivity index (χ4n) is 4.91. The predicted molar refractivity (Wildman–Crippen MR) is 104 cm³/mol. The number of rotatable bonds is 3. The van der Waals surface area contributed by atoms with E-state index in [-0.39, 0.29) is 17.6 Å². The first-order chi connectivity index (χ1) is 13.7. The number of aryl methyl sites for hydroxylation is 2. The van der Waals surface area contributed by atoms with Crippen molar-refractivity contribution in [1.29, 1.82) is 0 Å². The van der Waals surface area contributed by atoms with E-state index in [1.165, 1.54) is 22.4 Å². The normalized spacial score (nSPS) is 22.7. The van der Waals surface area contributed by atoms with Crippen molar-refractivity contribution < 1.29 is 18.8 Å². The summed E-state index contributed by atoms with van der Waals surface area (Å²) >= 11 is 0. The number of piperazine rings is 1. The average Bonchev–Trinajstić information content (AvgIpc) is 3.38. The Morgan fingerprint density at radius 2 is 1.89 bits per heavy atom. The van der Waals surface area contributed by atoms with Crippen LogP contribution in [0.4, 0.5) is 0 Å². The van der Waals surface area contributed by atoms with E-state index in [0.717, 1.165) is 74.9 Å². The number of fused-ring (bicyclic) bond motifs is 2. The molecule has 1 amide bonds. The van der Waals surface area contributed by atoms with E-state index in [4.69, 9.17) is 9.15 Å². The van der Waals surface area contributed by atoms with Crippen molar-refractivity contribution in [3.8, 4) is 0 Å². The Morgan fingerprint density at radius 1 is 1.11 bits per heavy atom. The lowest BCUT2D eigenvalue weighted by atomic mass is 10.0. The highest BCUT2D eigenvalue weighted by Crippen LogP contribution is 2.28. The smallest absolute Gasteiger partial charge is 0.336 e. The van der Waals surface area contributed by atoms with E-state index >= 15 is 0 Å². The summed E-state index contributed by atoms with van der Waals surface area (Å²) < 4.78 is 11.0. The molecule has 2 aliphatic heterocycles. The summed E-state index contributed by atoms with van der Waals surface area (Å²) in [6, 6.07) is 5.95. The molecule has 0 unspecified atom stereocenters. The van der Waals surface area contributed by atoms with Crippen LogP contribution in [0.15, 0.2) is 27.4 Å². The zero-order chi connectivity index (χ0) is 19.1. The molecule has 2 fully saturated rings. The van der Waals surface area contributed by atoms with Gasteiger partial charge < -0.3 is 19.0 Å². The third kappa shape index (κ3) is 3.35. The maximum absolute atomic E-state index is 12.5. The number of carbonyl (C=O) groups is 1. The van der Waals surface area contributed by atoms with Gasteiger partial charge in [0.05, 0.1) is 26.2 Å². The van der Waals surface area contributed by atoms with Crippen LogP contribution in [0.3, 0.4) is 0 Å². The number of benzene rings is 1. The van der Waals surface area contributed by atoms with Crippen molar-refractivity contribution in [2.24, 2.45) is 0 Å². The van der Waals surface area contributed by atoms with Gasteiger partial charge in [-0.2, -0.15) is 0 Å². The molecule has 0 saturated carbocycles. The molecular weight excluding hydrogens is 356 g/mol. The molecule has 28 heavy (non-hydrogen) atoms. The van der Waals surface area contributed by atoms with E-state index in [2.05, 4.69) is 12.1 Å². The van der Waals surface area contributed by atoms with Crippen LogP contribution in [0.25, 0.3) is 11.0 Å². The van der Waals surface area contributed by atoms with Crippen LogP contribution in [0.5, 0.6) is 0 Å². The van der Waals surface area contributed by atoms with Crippen LogP contribution < -0.4 is 10.5 Å².